The third kappa shape index (κ3) is 2.91. The highest BCUT2D eigenvalue weighted by Gasteiger charge is 2.46. The molecular formula is C20H25N3O2S. The van der Waals surface area contributed by atoms with Crippen LogP contribution < -0.4 is 10.5 Å². The molecule has 2 fully saturated rings. The Morgan fingerprint density at radius 2 is 2.27 bits per heavy atom. The molecular weight excluding hydrogens is 346 g/mol. The van der Waals surface area contributed by atoms with Gasteiger partial charge in [0.05, 0.1) is 17.0 Å². The van der Waals surface area contributed by atoms with E-state index in [1.54, 1.807) is 18.4 Å². The molecule has 1 saturated carbocycles. The maximum absolute atomic E-state index is 13.4. The summed E-state index contributed by atoms with van der Waals surface area (Å²) in [7, 11) is 1.65. The van der Waals surface area contributed by atoms with Gasteiger partial charge in [0.25, 0.3) is 5.91 Å². The lowest BCUT2D eigenvalue weighted by Crippen LogP contribution is -2.43. The highest BCUT2D eigenvalue weighted by Crippen LogP contribution is 2.43. The Balaban J connectivity index is 1.69. The molecule has 1 aromatic carbocycles. The number of hydrogen-bond donors (Lipinski definition) is 1. The van der Waals surface area contributed by atoms with Crippen molar-refractivity contribution in [1.82, 2.24) is 9.88 Å². The molecule has 1 aromatic heterocycles. The fourth-order valence-corrected chi connectivity index (χ4v) is 5.53. The van der Waals surface area contributed by atoms with E-state index in [-0.39, 0.29) is 11.9 Å². The summed E-state index contributed by atoms with van der Waals surface area (Å²) in [5.74, 6) is 1.97. The summed E-state index contributed by atoms with van der Waals surface area (Å²) >= 11 is 1.56. The monoisotopic (exact) mass is 371 g/mol. The van der Waals surface area contributed by atoms with Gasteiger partial charge in [-0.05, 0) is 49.3 Å². The molecule has 138 valence electrons. The van der Waals surface area contributed by atoms with Crippen molar-refractivity contribution in [3.63, 3.8) is 0 Å². The van der Waals surface area contributed by atoms with Gasteiger partial charge < -0.3 is 15.4 Å². The molecule has 2 heterocycles. The largest absolute Gasteiger partial charge is 0.497 e. The second-order valence-electron chi connectivity index (χ2n) is 7.26. The molecule has 0 bridgehead atoms. The third-order valence-corrected chi connectivity index (χ3v) is 6.83. The smallest absolute Gasteiger partial charge is 0.274 e. The van der Waals surface area contributed by atoms with Gasteiger partial charge in [0, 0.05) is 19.1 Å². The van der Waals surface area contributed by atoms with Crippen LogP contribution in [0.25, 0.3) is 10.4 Å². The number of likely N-dealkylation sites (tertiary alicyclic amines) is 1. The maximum atomic E-state index is 13.4. The summed E-state index contributed by atoms with van der Waals surface area (Å²) in [4.78, 5) is 20.9. The summed E-state index contributed by atoms with van der Waals surface area (Å²) in [6, 6.07) is 7.97. The number of rotatable bonds is 4. The molecule has 1 aliphatic carbocycles. The van der Waals surface area contributed by atoms with Gasteiger partial charge in [0.2, 0.25) is 0 Å². The van der Waals surface area contributed by atoms with Gasteiger partial charge in [-0.3, -0.25) is 4.79 Å². The molecule has 2 N–H and O–H groups in total. The van der Waals surface area contributed by atoms with Crippen LogP contribution in [0.3, 0.4) is 0 Å². The molecule has 2 aromatic rings. The topological polar surface area (TPSA) is 68.5 Å². The predicted octanol–water partition coefficient (Wildman–Crippen LogP) is 3.33. The number of hydrogen-bond acceptors (Lipinski definition) is 5. The fraction of sp³-hybridized carbons (Fsp3) is 0.500. The van der Waals surface area contributed by atoms with E-state index in [1.807, 2.05) is 36.1 Å². The SMILES string of the molecule is COc1cccc(-c2sc(C)nc2C(=O)N2C[C@@H]3CCC[C@@H]3[C@H]2CN)c1. The lowest BCUT2D eigenvalue weighted by Gasteiger charge is -2.26. The Bertz CT molecular complexity index is 819. The van der Waals surface area contributed by atoms with Crippen LogP contribution in [0.4, 0.5) is 0 Å². The number of amides is 1. The minimum atomic E-state index is 0.0250. The minimum absolute atomic E-state index is 0.0250. The average Bonchev–Trinajstić information content (AvgIpc) is 3.34. The number of nitrogens with two attached hydrogens (primary N) is 1. The van der Waals surface area contributed by atoms with E-state index < -0.39 is 0 Å². The molecule has 1 saturated heterocycles. The highest BCUT2D eigenvalue weighted by atomic mass is 32.1. The van der Waals surface area contributed by atoms with Gasteiger partial charge >= 0.3 is 0 Å². The van der Waals surface area contributed by atoms with Crippen molar-refractivity contribution in [2.45, 2.75) is 32.2 Å². The Kier molecular flexibility index (Phi) is 4.71. The lowest BCUT2D eigenvalue weighted by atomic mass is 9.94. The molecule has 0 unspecified atom stereocenters. The lowest BCUT2D eigenvalue weighted by molar-refractivity contribution is 0.0714. The first kappa shape index (κ1) is 17.5. The van der Waals surface area contributed by atoms with Crippen LogP contribution in [0.1, 0.15) is 34.8 Å². The molecule has 0 radical (unpaired) electrons. The molecule has 26 heavy (non-hydrogen) atoms. The Hall–Kier alpha value is -1.92. The highest BCUT2D eigenvalue weighted by molar-refractivity contribution is 7.15. The second kappa shape index (κ2) is 7.00. The number of carbonyl (C=O) groups excluding carboxylic acids is 1. The quantitative estimate of drug-likeness (QED) is 0.895. The van der Waals surface area contributed by atoms with E-state index in [0.717, 1.165) is 27.7 Å². The van der Waals surface area contributed by atoms with Gasteiger partial charge in [-0.25, -0.2) is 4.98 Å². The van der Waals surface area contributed by atoms with E-state index in [2.05, 4.69) is 4.98 Å². The molecule has 0 spiro atoms. The zero-order valence-electron chi connectivity index (χ0n) is 15.3. The Morgan fingerprint density at radius 1 is 1.42 bits per heavy atom. The van der Waals surface area contributed by atoms with Crippen LogP contribution in [0.5, 0.6) is 5.75 Å². The summed E-state index contributed by atoms with van der Waals surface area (Å²) in [5.41, 5.74) is 7.59. The number of nitrogens with zero attached hydrogens (tertiary/aromatic N) is 2. The normalized spacial score (nSPS) is 24.7. The van der Waals surface area contributed by atoms with Gasteiger partial charge in [0.1, 0.15) is 11.4 Å². The van der Waals surface area contributed by atoms with Crippen LogP contribution in [0.15, 0.2) is 24.3 Å². The molecule has 6 heteroatoms. The van der Waals surface area contributed by atoms with Crippen molar-refractivity contribution < 1.29 is 9.53 Å². The fourth-order valence-electron chi connectivity index (χ4n) is 4.62. The number of thiazole rings is 1. The number of aryl methyl sites for hydroxylation is 1. The zero-order chi connectivity index (χ0) is 18.3. The number of carbonyl (C=O) groups is 1. The standard InChI is InChI=1S/C20H25N3O2S/c1-12-22-18(19(26-12)13-5-3-7-15(9-13)25-2)20(24)23-11-14-6-4-8-16(14)17(23)10-21/h3,5,7,9,14,16-17H,4,6,8,10-11,21H2,1-2H3/t14-,16-,17+/m0/s1. The Morgan fingerprint density at radius 3 is 3.04 bits per heavy atom. The summed E-state index contributed by atoms with van der Waals surface area (Å²) in [6.45, 7) is 3.30. The number of fused-ring (bicyclic) bond motifs is 1. The first-order valence-corrected chi connectivity index (χ1v) is 10.1. The van der Waals surface area contributed by atoms with Crippen molar-refractivity contribution in [3.8, 4) is 16.2 Å². The number of methoxy groups -OCH3 is 1. The van der Waals surface area contributed by atoms with Crippen LogP contribution >= 0.6 is 11.3 Å². The van der Waals surface area contributed by atoms with Crippen molar-refractivity contribution in [1.29, 1.82) is 0 Å². The van der Waals surface area contributed by atoms with Crippen LogP contribution in [-0.4, -0.2) is 42.0 Å². The van der Waals surface area contributed by atoms with E-state index in [1.165, 1.54) is 19.3 Å². The van der Waals surface area contributed by atoms with Crippen molar-refractivity contribution >= 4 is 17.2 Å². The van der Waals surface area contributed by atoms with E-state index in [9.17, 15) is 4.79 Å². The van der Waals surface area contributed by atoms with Crippen molar-refractivity contribution in [2.24, 2.45) is 17.6 Å². The number of ether oxygens (including phenoxy) is 1. The summed E-state index contributed by atoms with van der Waals surface area (Å²) in [6.07, 6.45) is 3.66. The van der Waals surface area contributed by atoms with Gasteiger partial charge in [-0.1, -0.05) is 18.6 Å². The Labute approximate surface area is 158 Å². The molecule has 3 atom stereocenters. The van der Waals surface area contributed by atoms with E-state index >= 15 is 0 Å². The molecule has 4 rings (SSSR count). The van der Waals surface area contributed by atoms with Gasteiger partial charge in [-0.2, -0.15) is 0 Å². The third-order valence-electron chi connectivity index (χ3n) is 5.81. The maximum Gasteiger partial charge on any atom is 0.274 e. The first-order chi connectivity index (χ1) is 12.6. The van der Waals surface area contributed by atoms with Crippen LogP contribution in [0.2, 0.25) is 0 Å². The minimum Gasteiger partial charge on any atom is -0.497 e. The van der Waals surface area contributed by atoms with Crippen LogP contribution in [-0.2, 0) is 0 Å². The number of benzene rings is 1. The second-order valence-corrected chi connectivity index (χ2v) is 8.46. The summed E-state index contributed by atoms with van der Waals surface area (Å²) in [5, 5.41) is 0.898. The molecule has 1 aliphatic heterocycles. The van der Waals surface area contributed by atoms with Gasteiger partial charge in [-0.15, -0.1) is 11.3 Å². The summed E-state index contributed by atoms with van der Waals surface area (Å²) < 4.78 is 5.34. The van der Waals surface area contributed by atoms with E-state index in [0.29, 0.717) is 24.1 Å². The first-order valence-electron chi connectivity index (χ1n) is 9.25. The number of aromatic nitrogens is 1. The zero-order valence-corrected chi connectivity index (χ0v) is 16.1. The molecule has 1 amide bonds. The van der Waals surface area contributed by atoms with Gasteiger partial charge in [0.15, 0.2) is 0 Å². The van der Waals surface area contributed by atoms with Crippen molar-refractivity contribution in [3.05, 3.63) is 35.0 Å². The van der Waals surface area contributed by atoms with Crippen molar-refractivity contribution in [2.75, 3.05) is 20.2 Å². The molecule has 5 nitrogen and oxygen atoms in total. The predicted molar refractivity (Wildman–Crippen MR) is 104 cm³/mol. The van der Waals surface area contributed by atoms with Crippen LogP contribution in [0, 0.1) is 18.8 Å². The van der Waals surface area contributed by atoms with E-state index in [4.69, 9.17) is 10.5 Å². The molecule has 2 aliphatic rings. The average molecular weight is 372 g/mol.